The van der Waals surface area contributed by atoms with Crippen LogP contribution in [0.1, 0.15) is 48.0 Å². The molecule has 3 aliphatic heterocycles. The fourth-order valence-corrected chi connectivity index (χ4v) is 4.26. The number of carbonyl (C=O) groups excluding carboxylic acids is 2. The molecule has 0 bridgehead atoms. The molecule has 0 aliphatic carbocycles. The van der Waals surface area contributed by atoms with Crippen LogP contribution in [0.15, 0.2) is 24.3 Å². The van der Waals surface area contributed by atoms with Gasteiger partial charge in [0.05, 0.1) is 0 Å². The van der Waals surface area contributed by atoms with Crippen LogP contribution in [0.25, 0.3) is 0 Å². The van der Waals surface area contributed by atoms with Crippen molar-refractivity contribution in [2.24, 2.45) is 0 Å². The van der Waals surface area contributed by atoms with E-state index in [1.165, 1.54) is 6.42 Å². The minimum atomic E-state index is 0.138. The van der Waals surface area contributed by atoms with E-state index in [4.69, 9.17) is 0 Å². The van der Waals surface area contributed by atoms with E-state index in [0.29, 0.717) is 25.0 Å². The average molecular weight is 327 g/mol. The normalized spacial score (nSPS) is 26.8. The van der Waals surface area contributed by atoms with Gasteiger partial charge >= 0.3 is 0 Å². The van der Waals surface area contributed by atoms with Gasteiger partial charge in [-0.25, -0.2) is 0 Å². The second kappa shape index (κ2) is 6.55. The van der Waals surface area contributed by atoms with Gasteiger partial charge in [-0.05, 0) is 49.9 Å². The Morgan fingerprint density at radius 1 is 1.12 bits per heavy atom. The number of fused-ring (bicyclic) bond motifs is 1. The highest BCUT2D eigenvalue weighted by Crippen LogP contribution is 2.27. The summed E-state index contributed by atoms with van der Waals surface area (Å²) < 4.78 is 0. The number of piperidine rings is 1. The number of benzene rings is 1. The third-order valence-corrected chi connectivity index (χ3v) is 5.62. The van der Waals surface area contributed by atoms with Crippen molar-refractivity contribution < 1.29 is 9.59 Å². The number of nitrogens with zero attached hydrogens (tertiary/aromatic N) is 2. The molecule has 3 saturated heterocycles. The molecule has 0 unspecified atom stereocenters. The van der Waals surface area contributed by atoms with Crippen molar-refractivity contribution in [3.63, 3.8) is 0 Å². The number of carbonyl (C=O) groups is 2. The molecule has 1 aromatic rings. The predicted octanol–water partition coefficient (Wildman–Crippen LogP) is 1.78. The lowest BCUT2D eigenvalue weighted by atomic mass is 10.1. The van der Waals surface area contributed by atoms with Crippen LogP contribution in [0.2, 0.25) is 0 Å². The summed E-state index contributed by atoms with van der Waals surface area (Å²) in [5.74, 6) is 0.379. The van der Waals surface area contributed by atoms with Gasteiger partial charge < -0.3 is 15.1 Å². The molecule has 2 atom stereocenters. The van der Waals surface area contributed by atoms with Gasteiger partial charge in [-0.2, -0.15) is 0 Å². The van der Waals surface area contributed by atoms with Crippen molar-refractivity contribution >= 4 is 11.8 Å². The Morgan fingerprint density at radius 3 is 2.62 bits per heavy atom. The number of hydrogen-bond donors (Lipinski definition) is 1. The molecule has 2 amide bonds. The molecule has 1 aromatic carbocycles. The predicted molar refractivity (Wildman–Crippen MR) is 91.6 cm³/mol. The van der Waals surface area contributed by atoms with Gasteiger partial charge in [-0.1, -0.05) is 12.1 Å². The zero-order valence-electron chi connectivity index (χ0n) is 14.0. The Balaban J connectivity index is 1.42. The van der Waals surface area contributed by atoms with Crippen LogP contribution in [0.4, 0.5) is 0 Å². The Kier molecular flexibility index (Phi) is 4.27. The van der Waals surface area contributed by atoms with E-state index >= 15 is 0 Å². The van der Waals surface area contributed by atoms with Crippen molar-refractivity contribution in [1.82, 2.24) is 15.1 Å². The van der Waals surface area contributed by atoms with E-state index in [-0.39, 0.29) is 11.8 Å². The van der Waals surface area contributed by atoms with Crippen molar-refractivity contribution in [1.29, 1.82) is 0 Å². The summed E-state index contributed by atoms with van der Waals surface area (Å²) in [4.78, 5) is 28.7. The first-order valence-corrected chi connectivity index (χ1v) is 9.13. The van der Waals surface area contributed by atoms with Crippen molar-refractivity contribution in [2.45, 2.75) is 50.7 Å². The quantitative estimate of drug-likeness (QED) is 0.921. The highest BCUT2D eigenvalue weighted by Gasteiger charge is 2.42. The van der Waals surface area contributed by atoms with Crippen LogP contribution in [0, 0.1) is 0 Å². The van der Waals surface area contributed by atoms with Crippen molar-refractivity contribution in [2.75, 3.05) is 19.6 Å². The first-order chi connectivity index (χ1) is 11.7. The summed E-state index contributed by atoms with van der Waals surface area (Å²) in [7, 11) is 0. The molecule has 3 heterocycles. The maximum atomic E-state index is 12.5. The summed E-state index contributed by atoms with van der Waals surface area (Å²) in [5.41, 5.74) is 1.86. The van der Waals surface area contributed by atoms with E-state index in [1.54, 1.807) is 0 Å². The van der Waals surface area contributed by atoms with Gasteiger partial charge in [0.1, 0.15) is 0 Å². The largest absolute Gasteiger partial charge is 0.339 e. The summed E-state index contributed by atoms with van der Waals surface area (Å²) in [6.07, 6.45) is 5.11. The second-order valence-corrected chi connectivity index (χ2v) is 7.19. The molecular weight excluding hydrogens is 302 g/mol. The maximum Gasteiger partial charge on any atom is 0.253 e. The lowest BCUT2D eigenvalue weighted by Gasteiger charge is -2.27. The molecule has 0 spiro atoms. The molecule has 5 heteroatoms. The van der Waals surface area contributed by atoms with E-state index in [2.05, 4.69) is 5.32 Å². The average Bonchev–Trinajstić information content (AvgIpc) is 3.18. The zero-order valence-corrected chi connectivity index (χ0v) is 14.0. The van der Waals surface area contributed by atoms with Crippen molar-refractivity contribution in [3.05, 3.63) is 35.4 Å². The first-order valence-electron chi connectivity index (χ1n) is 9.13. The highest BCUT2D eigenvalue weighted by atomic mass is 16.2. The van der Waals surface area contributed by atoms with E-state index < -0.39 is 0 Å². The van der Waals surface area contributed by atoms with E-state index in [1.807, 2.05) is 34.1 Å². The molecule has 128 valence electrons. The van der Waals surface area contributed by atoms with Crippen LogP contribution >= 0.6 is 0 Å². The molecule has 3 fully saturated rings. The van der Waals surface area contributed by atoms with Crippen LogP contribution < -0.4 is 5.32 Å². The van der Waals surface area contributed by atoms with Gasteiger partial charge in [-0.3, -0.25) is 9.59 Å². The number of nitrogens with one attached hydrogen (secondary N) is 1. The minimum absolute atomic E-state index is 0.138. The van der Waals surface area contributed by atoms with Crippen LogP contribution in [0.5, 0.6) is 0 Å². The van der Waals surface area contributed by atoms with E-state index in [0.717, 1.165) is 50.0 Å². The first kappa shape index (κ1) is 15.6. The smallest absolute Gasteiger partial charge is 0.253 e. The van der Waals surface area contributed by atoms with Gasteiger partial charge in [0.2, 0.25) is 5.91 Å². The number of hydrogen-bond acceptors (Lipinski definition) is 3. The molecule has 0 radical (unpaired) electrons. The van der Waals surface area contributed by atoms with Crippen LogP contribution in [-0.4, -0.2) is 53.3 Å². The zero-order chi connectivity index (χ0) is 16.5. The molecule has 3 aliphatic rings. The third-order valence-electron chi connectivity index (χ3n) is 5.62. The fraction of sp³-hybridized carbons (Fsp3) is 0.579. The summed E-state index contributed by atoms with van der Waals surface area (Å²) in [6, 6.07) is 8.50. The standard InChI is InChI=1S/C19H25N3O2/c23-18-12-16-17(8-9-20-16)22(18)13-14-4-6-15(7-5-14)19(24)21-10-2-1-3-11-21/h4-7,16-17,20H,1-3,8-13H2/t16-,17-/m1/s1. The molecule has 0 saturated carbocycles. The van der Waals surface area contributed by atoms with E-state index in [9.17, 15) is 9.59 Å². The molecule has 4 rings (SSSR count). The molecular formula is C19H25N3O2. The molecule has 0 aromatic heterocycles. The van der Waals surface area contributed by atoms with Crippen LogP contribution in [-0.2, 0) is 11.3 Å². The summed E-state index contributed by atoms with van der Waals surface area (Å²) in [5, 5.41) is 3.41. The Labute approximate surface area is 143 Å². The topological polar surface area (TPSA) is 52.7 Å². The molecule has 1 N–H and O–H groups in total. The number of likely N-dealkylation sites (tertiary alicyclic amines) is 2. The molecule has 24 heavy (non-hydrogen) atoms. The third kappa shape index (κ3) is 2.93. The Hall–Kier alpha value is -1.88. The lowest BCUT2D eigenvalue weighted by molar-refractivity contribution is -0.129. The van der Waals surface area contributed by atoms with Gasteiger partial charge in [0.25, 0.3) is 5.91 Å². The summed E-state index contributed by atoms with van der Waals surface area (Å²) in [6.45, 7) is 3.40. The van der Waals surface area contributed by atoms with Gasteiger partial charge in [0.15, 0.2) is 0 Å². The highest BCUT2D eigenvalue weighted by molar-refractivity contribution is 5.94. The van der Waals surface area contributed by atoms with Crippen molar-refractivity contribution in [3.8, 4) is 0 Å². The fourth-order valence-electron chi connectivity index (χ4n) is 4.26. The Morgan fingerprint density at radius 2 is 1.88 bits per heavy atom. The lowest BCUT2D eigenvalue weighted by Crippen LogP contribution is -2.36. The Bertz CT molecular complexity index is 622. The number of rotatable bonds is 3. The SMILES string of the molecule is O=C(c1ccc(CN2C(=O)C[C@H]3NCC[C@H]32)cc1)N1CCCCC1. The van der Waals surface area contributed by atoms with Crippen LogP contribution in [0.3, 0.4) is 0 Å². The molecule has 5 nitrogen and oxygen atoms in total. The second-order valence-electron chi connectivity index (χ2n) is 7.19. The minimum Gasteiger partial charge on any atom is -0.339 e. The number of amides is 2. The summed E-state index contributed by atoms with van der Waals surface area (Å²) >= 11 is 0. The van der Waals surface area contributed by atoms with Gasteiger partial charge in [-0.15, -0.1) is 0 Å². The monoisotopic (exact) mass is 327 g/mol. The van der Waals surface area contributed by atoms with Gasteiger partial charge in [0, 0.05) is 43.7 Å². The maximum absolute atomic E-state index is 12.5.